The van der Waals surface area contributed by atoms with Gasteiger partial charge < -0.3 is 9.47 Å². The third-order valence-corrected chi connectivity index (χ3v) is 3.18. The summed E-state index contributed by atoms with van der Waals surface area (Å²) in [5.41, 5.74) is 0.855. The largest absolute Gasteiger partial charge is 0.493 e. The molecule has 21 heavy (non-hydrogen) atoms. The van der Waals surface area contributed by atoms with Crippen LogP contribution in [0, 0.1) is 9.54 Å². The molecule has 6 nitrogen and oxygen atoms in total. The van der Waals surface area contributed by atoms with Crippen molar-refractivity contribution in [2.24, 2.45) is 5.10 Å². The van der Waals surface area contributed by atoms with Crippen molar-refractivity contribution in [1.82, 2.24) is 14.9 Å². The highest BCUT2D eigenvalue weighted by Gasteiger charge is 2.04. The van der Waals surface area contributed by atoms with E-state index in [0.717, 1.165) is 12.0 Å². The fourth-order valence-electron chi connectivity index (χ4n) is 1.63. The van der Waals surface area contributed by atoms with Crippen molar-refractivity contribution < 1.29 is 9.47 Å². The lowest BCUT2D eigenvalue weighted by Crippen LogP contribution is -1.98. The van der Waals surface area contributed by atoms with Crippen molar-refractivity contribution in [3.05, 3.63) is 33.3 Å². The number of benzene rings is 1. The molecule has 2 aromatic rings. The second kappa shape index (κ2) is 7.19. The maximum Gasteiger partial charge on any atom is 0.215 e. The van der Waals surface area contributed by atoms with Gasteiger partial charge in [0.15, 0.2) is 11.5 Å². The highest BCUT2D eigenvalue weighted by atomic mass is 32.1. The molecule has 1 aromatic carbocycles. The summed E-state index contributed by atoms with van der Waals surface area (Å²) in [7, 11) is 1.60. The lowest BCUT2D eigenvalue weighted by atomic mass is 10.2. The maximum atomic E-state index is 5.60. The molecule has 1 aromatic heterocycles. The first-order valence-electron chi connectivity index (χ1n) is 6.40. The average Bonchev–Trinajstić information content (AvgIpc) is 2.82. The molecular weight excluding hydrogens is 308 g/mol. The Kier molecular flexibility index (Phi) is 5.29. The predicted octanol–water partition coefficient (Wildman–Crippen LogP) is 3.28. The van der Waals surface area contributed by atoms with Gasteiger partial charge in [-0.25, -0.2) is 0 Å². The number of rotatable bonds is 6. The minimum atomic E-state index is 0.408. The van der Waals surface area contributed by atoms with Crippen LogP contribution in [-0.2, 0) is 0 Å². The lowest BCUT2D eigenvalue weighted by Gasteiger charge is -2.10. The molecule has 0 saturated carbocycles. The minimum Gasteiger partial charge on any atom is -0.493 e. The number of aromatic amines is 2. The Morgan fingerprint density at radius 2 is 1.95 bits per heavy atom. The van der Waals surface area contributed by atoms with Crippen LogP contribution in [0.4, 0.5) is 0 Å². The van der Waals surface area contributed by atoms with Gasteiger partial charge in [-0.15, -0.1) is 0 Å². The smallest absolute Gasteiger partial charge is 0.215 e. The van der Waals surface area contributed by atoms with Crippen LogP contribution in [0.5, 0.6) is 11.5 Å². The highest BCUT2D eigenvalue weighted by Crippen LogP contribution is 2.27. The number of hydrogen-bond acceptors (Lipinski definition) is 5. The van der Waals surface area contributed by atoms with Crippen LogP contribution in [0.3, 0.4) is 0 Å². The van der Waals surface area contributed by atoms with Gasteiger partial charge in [0, 0.05) is 0 Å². The van der Waals surface area contributed by atoms with Gasteiger partial charge in [0.25, 0.3) is 0 Å². The summed E-state index contributed by atoms with van der Waals surface area (Å²) >= 11 is 10.1. The summed E-state index contributed by atoms with van der Waals surface area (Å²) in [6.07, 6.45) is 2.59. The summed E-state index contributed by atoms with van der Waals surface area (Å²) in [4.78, 5) is 0. The molecule has 112 valence electrons. The Labute approximate surface area is 132 Å². The second-order valence-corrected chi connectivity index (χ2v) is 4.95. The standard InChI is InChI=1S/C13H16N4O2S2/c1-3-6-19-10-5-4-9(7-11(10)18-2)8-14-17-12(20)15-16-13(17)21/h4-5,7-8H,3,6H2,1-2H3,(H,15,20)(H,16,21)/b14-8-. The highest BCUT2D eigenvalue weighted by molar-refractivity contribution is 7.72. The van der Waals surface area contributed by atoms with E-state index in [2.05, 4.69) is 22.2 Å². The zero-order valence-corrected chi connectivity index (χ0v) is 13.4. The van der Waals surface area contributed by atoms with Crippen molar-refractivity contribution in [2.45, 2.75) is 13.3 Å². The molecule has 0 fully saturated rings. The van der Waals surface area contributed by atoms with E-state index >= 15 is 0 Å². The molecule has 0 amide bonds. The Morgan fingerprint density at radius 3 is 2.57 bits per heavy atom. The summed E-state index contributed by atoms with van der Waals surface area (Å²) < 4.78 is 13.2. The van der Waals surface area contributed by atoms with E-state index in [0.29, 0.717) is 27.6 Å². The fourth-order valence-corrected chi connectivity index (χ4v) is 2.07. The monoisotopic (exact) mass is 324 g/mol. The lowest BCUT2D eigenvalue weighted by molar-refractivity contribution is 0.294. The van der Waals surface area contributed by atoms with Gasteiger partial charge >= 0.3 is 0 Å². The van der Waals surface area contributed by atoms with Crippen molar-refractivity contribution in [1.29, 1.82) is 0 Å². The van der Waals surface area contributed by atoms with E-state index in [4.69, 9.17) is 33.9 Å². The van der Waals surface area contributed by atoms with Crippen LogP contribution in [-0.4, -0.2) is 34.8 Å². The van der Waals surface area contributed by atoms with Gasteiger partial charge in [0.05, 0.1) is 19.9 Å². The Balaban J connectivity index is 2.25. The van der Waals surface area contributed by atoms with Crippen molar-refractivity contribution in [2.75, 3.05) is 13.7 Å². The van der Waals surface area contributed by atoms with E-state index in [1.165, 1.54) is 4.68 Å². The molecule has 2 N–H and O–H groups in total. The molecule has 0 atom stereocenters. The number of aromatic nitrogens is 3. The molecule has 0 spiro atoms. The van der Waals surface area contributed by atoms with Crippen LogP contribution in [0.1, 0.15) is 18.9 Å². The Bertz CT molecular complexity index is 718. The molecule has 8 heteroatoms. The van der Waals surface area contributed by atoms with E-state index < -0.39 is 0 Å². The number of H-pyrrole nitrogens is 2. The molecule has 1 heterocycles. The summed E-state index contributed by atoms with van der Waals surface area (Å²) in [6.45, 7) is 2.70. The number of nitrogens with zero attached hydrogens (tertiary/aromatic N) is 2. The molecule has 0 radical (unpaired) electrons. The van der Waals surface area contributed by atoms with Gasteiger partial charge in [-0.2, -0.15) is 9.78 Å². The quantitative estimate of drug-likeness (QED) is 0.632. The van der Waals surface area contributed by atoms with Crippen LogP contribution in [0.2, 0.25) is 0 Å². The zero-order valence-electron chi connectivity index (χ0n) is 11.8. The predicted molar refractivity (Wildman–Crippen MR) is 86.6 cm³/mol. The van der Waals surface area contributed by atoms with Crippen molar-refractivity contribution >= 4 is 30.7 Å². The summed E-state index contributed by atoms with van der Waals surface area (Å²) in [5, 5.41) is 9.66. The Hall–Kier alpha value is -1.93. The van der Waals surface area contributed by atoms with Gasteiger partial charge in [0.2, 0.25) is 9.54 Å². The van der Waals surface area contributed by atoms with Gasteiger partial charge in [-0.1, -0.05) is 6.92 Å². The molecular formula is C13H16N4O2S2. The third kappa shape index (κ3) is 3.79. The average molecular weight is 324 g/mol. The van der Waals surface area contributed by atoms with Crippen LogP contribution in [0.15, 0.2) is 23.3 Å². The summed E-state index contributed by atoms with van der Waals surface area (Å²) in [6, 6.07) is 5.59. The molecule has 0 aliphatic rings. The Morgan fingerprint density at radius 1 is 1.24 bits per heavy atom. The second-order valence-electron chi connectivity index (χ2n) is 4.18. The zero-order chi connectivity index (χ0) is 15.2. The van der Waals surface area contributed by atoms with Gasteiger partial charge in [-0.05, 0) is 54.6 Å². The molecule has 0 aliphatic heterocycles. The van der Waals surface area contributed by atoms with E-state index in [1.54, 1.807) is 13.3 Å². The van der Waals surface area contributed by atoms with Crippen LogP contribution < -0.4 is 9.47 Å². The van der Waals surface area contributed by atoms with Gasteiger partial charge in [0.1, 0.15) is 0 Å². The number of ether oxygens (including phenoxy) is 2. The van der Waals surface area contributed by atoms with E-state index in [-0.39, 0.29) is 0 Å². The normalized spacial score (nSPS) is 11.0. The molecule has 2 rings (SSSR count). The number of methoxy groups -OCH3 is 1. The third-order valence-electron chi connectivity index (χ3n) is 2.63. The van der Waals surface area contributed by atoms with Crippen molar-refractivity contribution in [3.8, 4) is 11.5 Å². The van der Waals surface area contributed by atoms with E-state index in [1.807, 2.05) is 18.2 Å². The topological polar surface area (TPSA) is 67.3 Å². The number of nitrogens with one attached hydrogen (secondary N) is 2. The number of hydrogen-bond donors (Lipinski definition) is 2. The van der Waals surface area contributed by atoms with Gasteiger partial charge in [-0.3, -0.25) is 10.2 Å². The molecule has 0 aliphatic carbocycles. The van der Waals surface area contributed by atoms with Crippen LogP contribution in [0.25, 0.3) is 0 Å². The van der Waals surface area contributed by atoms with E-state index in [9.17, 15) is 0 Å². The first-order chi connectivity index (χ1) is 10.2. The molecule has 0 saturated heterocycles. The van der Waals surface area contributed by atoms with Crippen LogP contribution >= 0.6 is 24.4 Å². The fraction of sp³-hybridized carbons (Fsp3) is 0.308. The molecule has 0 bridgehead atoms. The first kappa shape index (κ1) is 15.5. The molecule has 0 unspecified atom stereocenters. The first-order valence-corrected chi connectivity index (χ1v) is 7.22. The minimum absolute atomic E-state index is 0.408. The summed E-state index contributed by atoms with van der Waals surface area (Å²) in [5.74, 6) is 1.38. The SMILES string of the molecule is CCCOc1ccc(/C=N\n2c(=S)[nH][nH]c2=S)cc1OC. The maximum absolute atomic E-state index is 5.60. The van der Waals surface area contributed by atoms with Crippen molar-refractivity contribution in [3.63, 3.8) is 0 Å².